The maximum absolute atomic E-state index is 12.8. The summed E-state index contributed by atoms with van der Waals surface area (Å²) >= 11 is 1.28. The number of hydrogen-bond donors (Lipinski definition) is 1. The minimum absolute atomic E-state index is 0.145. The summed E-state index contributed by atoms with van der Waals surface area (Å²) in [4.78, 5) is 17.8. The zero-order chi connectivity index (χ0) is 17.7. The van der Waals surface area contributed by atoms with E-state index >= 15 is 0 Å². The van der Waals surface area contributed by atoms with Gasteiger partial charge in [-0.1, -0.05) is 23.5 Å². The van der Waals surface area contributed by atoms with Crippen molar-refractivity contribution < 1.29 is 14.2 Å². The zero-order valence-electron chi connectivity index (χ0n) is 13.6. The molecule has 0 unspecified atom stereocenters. The molecule has 8 nitrogen and oxygen atoms in total. The van der Waals surface area contributed by atoms with E-state index in [9.17, 15) is 4.79 Å². The fourth-order valence-electron chi connectivity index (χ4n) is 2.81. The number of rotatable bonds is 3. The Kier molecular flexibility index (Phi) is 3.22. The average molecular weight is 368 g/mol. The highest BCUT2D eigenvalue weighted by molar-refractivity contribution is 7.20. The zero-order valence-corrected chi connectivity index (χ0v) is 14.4. The quantitative estimate of drug-likeness (QED) is 0.595. The molecule has 5 rings (SSSR count). The van der Waals surface area contributed by atoms with Gasteiger partial charge < -0.3 is 19.5 Å². The van der Waals surface area contributed by atoms with Crippen LogP contribution in [0.15, 0.2) is 41.2 Å². The molecule has 2 aromatic carbocycles. The molecule has 9 heteroatoms. The molecular formula is C17H12N4O4S. The molecule has 3 heterocycles. The third-order valence-electron chi connectivity index (χ3n) is 4.04. The van der Waals surface area contributed by atoms with Crippen LogP contribution in [0.1, 0.15) is 0 Å². The Bertz CT molecular complexity index is 1220. The summed E-state index contributed by atoms with van der Waals surface area (Å²) < 4.78 is 17.3. The van der Waals surface area contributed by atoms with Gasteiger partial charge in [0.05, 0.1) is 23.7 Å². The Morgan fingerprint density at radius 3 is 2.88 bits per heavy atom. The summed E-state index contributed by atoms with van der Waals surface area (Å²) in [7, 11) is 1.60. The first-order valence-electron chi connectivity index (χ1n) is 7.76. The predicted molar refractivity (Wildman–Crippen MR) is 97.0 cm³/mol. The third kappa shape index (κ3) is 2.25. The molecule has 0 saturated heterocycles. The van der Waals surface area contributed by atoms with Crippen molar-refractivity contribution in [1.29, 1.82) is 0 Å². The van der Waals surface area contributed by atoms with Crippen LogP contribution < -0.4 is 25.1 Å². The van der Waals surface area contributed by atoms with Gasteiger partial charge in [0, 0.05) is 6.07 Å². The van der Waals surface area contributed by atoms with E-state index in [1.165, 1.54) is 15.9 Å². The minimum Gasteiger partial charge on any atom is -0.495 e. The lowest BCUT2D eigenvalue weighted by Crippen LogP contribution is -2.15. The van der Waals surface area contributed by atoms with E-state index in [2.05, 4.69) is 15.4 Å². The number of anilines is 2. The van der Waals surface area contributed by atoms with Crippen molar-refractivity contribution in [2.24, 2.45) is 0 Å². The van der Waals surface area contributed by atoms with Crippen molar-refractivity contribution in [2.45, 2.75) is 0 Å². The lowest BCUT2D eigenvalue weighted by Gasteiger charge is -2.07. The fraction of sp³-hybridized carbons (Fsp3) is 0.118. The van der Waals surface area contributed by atoms with Crippen molar-refractivity contribution in [3.8, 4) is 17.2 Å². The van der Waals surface area contributed by atoms with E-state index in [0.29, 0.717) is 38.2 Å². The van der Waals surface area contributed by atoms with Gasteiger partial charge in [-0.2, -0.15) is 4.52 Å². The summed E-state index contributed by atoms with van der Waals surface area (Å²) in [6, 6.07) is 10.8. The SMILES string of the molecule is COc1ccccc1Nc1nn2c(=O)c3cc4c(cc3nc2s1)OCO4. The molecule has 0 aliphatic carbocycles. The van der Waals surface area contributed by atoms with Gasteiger partial charge in [-0.05, 0) is 18.2 Å². The summed E-state index contributed by atoms with van der Waals surface area (Å²) in [5, 5.41) is 8.49. The Morgan fingerprint density at radius 1 is 1.23 bits per heavy atom. The molecule has 1 aliphatic heterocycles. The highest BCUT2D eigenvalue weighted by Crippen LogP contribution is 2.35. The van der Waals surface area contributed by atoms with Gasteiger partial charge in [0.15, 0.2) is 11.5 Å². The highest BCUT2D eigenvalue weighted by Gasteiger charge is 2.19. The van der Waals surface area contributed by atoms with E-state index in [1.54, 1.807) is 19.2 Å². The molecule has 2 aromatic heterocycles. The van der Waals surface area contributed by atoms with Gasteiger partial charge in [0.1, 0.15) is 5.75 Å². The molecule has 1 aliphatic rings. The molecule has 0 bridgehead atoms. The van der Waals surface area contributed by atoms with Crippen molar-refractivity contribution in [3.63, 3.8) is 0 Å². The normalized spacial score (nSPS) is 12.7. The third-order valence-corrected chi connectivity index (χ3v) is 4.86. The lowest BCUT2D eigenvalue weighted by atomic mass is 10.2. The molecule has 26 heavy (non-hydrogen) atoms. The Morgan fingerprint density at radius 2 is 2.04 bits per heavy atom. The van der Waals surface area contributed by atoms with Crippen LogP contribution in [0.25, 0.3) is 15.9 Å². The number of para-hydroxylation sites is 2. The summed E-state index contributed by atoms with van der Waals surface area (Å²) in [5.74, 6) is 1.81. The average Bonchev–Trinajstić information content (AvgIpc) is 3.27. The van der Waals surface area contributed by atoms with E-state index < -0.39 is 0 Å². The van der Waals surface area contributed by atoms with E-state index in [-0.39, 0.29) is 12.4 Å². The van der Waals surface area contributed by atoms with Crippen LogP contribution in [-0.2, 0) is 0 Å². The van der Waals surface area contributed by atoms with Crippen LogP contribution in [0.5, 0.6) is 17.2 Å². The van der Waals surface area contributed by atoms with Crippen LogP contribution in [0, 0.1) is 0 Å². The molecule has 0 amide bonds. The minimum atomic E-state index is -0.257. The first kappa shape index (κ1) is 15.0. The Labute approximate surface area is 150 Å². The van der Waals surface area contributed by atoms with Crippen molar-refractivity contribution in [3.05, 3.63) is 46.8 Å². The largest absolute Gasteiger partial charge is 0.495 e. The standard InChI is InChI=1S/C17H12N4O4S/c1-23-12-5-3-2-4-10(12)18-16-20-21-15(22)9-6-13-14(25-8-24-13)7-11(9)19-17(21)26-16/h2-7H,8H2,1H3,(H,18,20). The van der Waals surface area contributed by atoms with Crippen LogP contribution in [0.3, 0.4) is 0 Å². The molecule has 0 saturated carbocycles. The van der Waals surface area contributed by atoms with Gasteiger partial charge in [-0.15, -0.1) is 5.10 Å². The maximum atomic E-state index is 12.8. The van der Waals surface area contributed by atoms with Crippen molar-refractivity contribution in [2.75, 3.05) is 19.2 Å². The van der Waals surface area contributed by atoms with Gasteiger partial charge in [-0.3, -0.25) is 4.79 Å². The summed E-state index contributed by atoms with van der Waals surface area (Å²) in [5.41, 5.74) is 1.05. The number of ether oxygens (including phenoxy) is 3. The van der Waals surface area contributed by atoms with E-state index in [0.717, 1.165) is 5.69 Å². The molecule has 0 spiro atoms. The van der Waals surface area contributed by atoms with E-state index in [1.807, 2.05) is 24.3 Å². The lowest BCUT2D eigenvalue weighted by molar-refractivity contribution is 0.174. The Hall–Kier alpha value is -3.33. The molecule has 4 aromatic rings. The number of aromatic nitrogens is 3. The molecule has 0 atom stereocenters. The summed E-state index contributed by atoms with van der Waals surface area (Å²) in [6.45, 7) is 0.145. The number of fused-ring (bicyclic) bond motifs is 3. The second-order valence-corrected chi connectivity index (χ2v) is 6.52. The van der Waals surface area contributed by atoms with Gasteiger partial charge in [0.2, 0.25) is 16.9 Å². The Balaban J connectivity index is 1.64. The van der Waals surface area contributed by atoms with Crippen LogP contribution in [0.2, 0.25) is 0 Å². The fourth-order valence-corrected chi connectivity index (χ4v) is 3.62. The molecule has 130 valence electrons. The van der Waals surface area contributed by atoms with Crippen LogP contribution >= 0.6 is 11.3 Å². The highest BCUT2D eigenvalue weighted by atomic mass is 32.1. The van der Waals surface area contributed by atoms with Gasteiger partial charge >= 0.3 is 0 Å². The number of hydrogen-bond acceptors (Lipinski definition) is 8. The van der Waals surface area contributed by atoms with Crippen molar-refractivity contribution >= 4 is 38.0 Å². The van der Waals surface area contributed by atoms with Crippen molar-refractivity contribution in [1.82, 2.24) is 14.6 Å². The number of benzene rings is 2. The maximum Gasteiger partial charge on any atom is 0.283 e. The molecular weight excluding hydrogens is 356 g/mol. The second kappa shape index (κ2) is 5.60. The first-order valence-corrected chi connectivity index (χ1v) is 8.58. The van der Waals surface area contributed by atoms with Crippen LogP contribution in [-0.4, -0.2) is 28.5 Å². The number of methoxy groups -OCH3 is 1. The van der Waals surface area contributed by atoms with Crippen LogP contribution in [0.4, 0.5) is 10.8 Å². The predicted octanol–water partition coefficient (Wildman–Crippen LogP) is 2.79. The van der Waals surface area contributed by atoms with E-state index in [4.69, 9.17) is 14.2 Å². The number of nitrogens with one attached hydrogen (secondary N) is 1. The second-order valence-electron chi connectivity index (χ2n) is 5.57. The monoisotopic (exact) mass is 368 g/mol. The topological polar surface area (TPSA) is 87.0 Å². The first-order chi connectivity index (χ1) is 12.7. The van der Waals surface area contributed by atoms with Gasteiger partial charge in [0.25, 0.3) is 5.56 Å². The molecule has 1 N–H and O–H groups in total. The van der Waals surface area contributed by atoms with Gasteiger partial charge in [-0.25, -0.2) is 4.98 Å². The molecule has 0 radical (unpaired) electrons. The molecule has 0 fully saturated rings. The summed E-state index contributed by atoms with van der Waals surface area (Å²) in [6.07, 6.45) is 0. The smallest absolute Gasteiger partial charge is 0.283 e. The number of nitrogens with zero attached hydrogens (tertiary/aromatic N) is 3.